The van der Waals surface area contributed by atoms with Gasteiger partial charge in [0.2, 0.25) is 15.0 Å². The highest BCUT2D eigenvalue weighted by atomic mass is 32.2. The van der Waals surface area contributed by atoms with Crippen molar-refractivity contribution < 1.29 is 17.6 Å². The Morgan fingerprint density at radius 2 is 2.00 bits per heavy atom. The van der Waals surface area contributed by atoms with E-state index in [9.17, 15) is 13.2 Å². The van der Waals surface area contributed by atoms with Gasteiger partial charge in [-0.2, -0.15) is 0 Å². The summed E-state index contributed by atoms with van der Waals surface area (Å²) < 4.78 is 29.2. The minimum Gasteiger partial charge on any atom is -0.460 e. The van der Waals surface area contributed by atoms with Crippen molar-refractivity contribution in [1.82, 2.24) is 9.97 Å². The van der Waals surface area contributed by atoms with Gasteiger partial charge in [0, 0.05) is 6.26 Å². The monoisotopic (exact) mass is 352 g/mol. The zero-order valence-corrected chi connectivity index (χ0v) is 13.8. The summed E-state index contributed by atoms with van der Waals surface area (Å²) in [5.74, 6) is 0.241. The number of furan rings is 1. The number of fused-ring (bicyclic) bond motifs is 1. The molecule has 0 saturated carbocycles. The molecule has 0 aliphatic rings. The fourth-order valence-electron chi connectivity index (χ4n) is 2.09. The Morgan fingerprint density at radius 3 is 2.52 bits per heavy atom. The second-order valence-corrected chi connectivity index (χ2v) is 7.84. The molecular weight excluding hydrogens is 340 g/mol. The van der Waals surface area contributed by atoms with Crippen LogP contribution in [0.4, 0.5) is 5.69 Å². The number of carbonyl (C=O) groups excluding carboxylic acids is 1. The number of primary amides is 1. The van der Waals surface area contributed by atoms with Gasteiger partial charge in [-0.25, -0.2) is 18.4 Å². The molecule has 0 radical (unpaired) electrons. The number of sulfone groups is 1. The maximum absolute atomic E-state index is 11.8. The lowest BCUT2D eigenvalue weighted by Crippen LogP contribution is -2.10. The summed E-state index contributed by atoms with van der Waals surface area (Å²) in [5, 5.41) is -0.0168. The molecule has 0 saturated heterocycles. The summed E-state index contributed by atoms with van der Waals surface area (Å²) in [6, 6.07) is 3.35. The third kappa shape index (κ3) is 2.55. The molecule has 3 rings (SSSR count). The van der Waals surface area contributed by atoms with E-state index < -0.39 is 15.7 Å². The molecule has 0 spiro atoms. The van der Waals surface area contributed by atoms with E-state index in [1.54, 1.807) is 19.1 Å². The first-order chi connectivity index (χ1) is 10.7. The number of aromatic nitrogens is 2. The standard InChI is InChI=1S/C13H12N4O4S2/c1-5-3-4-6(21-5)9-7-8(14)10(11(15)18)22-12(7)17-13(16-9)23(2,19)20/h3-4H,14H2,1-2H3,(H2,15,18). The molecule has 0 aromatic carbocycles. The molecule has 0 bridgehead atoms. The highest BCUT2D eigenvalue weighted by molar-refractivity contribution is 7.90. The van der Waals surface area contributed by atoms with Crippen molar-refractivity contribution in [2.45, 2.75) is 12.1 Å². The smallest absolute Gasteiger partial charge is 0.260 e. The predicted molar refractivity (Wildman–Crippen MR) is 85.9 cm³/mol. The van der Waals surface area contributed by atoms with Gasteiger partial charge in [0.05, 0.1) is 11.1 Å². The van der Waals surface area contributed by atoms with E-state index in [2.05, 4.69) is 9.97 Å². The van der Waals surface area contributed by atoms with E-state index in [0.717, 1.165) is 17.6 Å². The summed E-state index contributed by atoms with van der Waals surface area (Å²) in [7, 11) is -3.66. The first-order valence-electron chi connectivity index (χ1n) is 6.35. The van der Waals surface area contributed by atoms with Gasteiger partial charge in [0.15, 0.2) is 5.76 Å². The van der Waals surface area contributed by atoms with E-state index in [0.29, 0.717) is 16.9 Å². The number of thiophene rings is 1. The van der Waals surface area contributed by atoms with E-state index in [4.69, 9.17) is 15.9 Å². The molecule has 3 aromatic rings. The highest BCUT2D eigenvalue weighted by Gasteiger charge is 2.24. The van der Waals surface area contributed by atoms with E-state index >= 15 is 0 Å². The van der Waals surface area contributed by atoms with Gasteiger partial charge >= 0.3 is 0 Å². The minimum atomic E-state index is -3.66. The fourth-order valence-corrected chi connectivity index (χ4v) is 3.61. The van der Waals surface area contributed by atoms with Crippen molar-refractivity contribution in [2.24, 2.45) is 5.73 Å². The number of nitrogens with zero attached hydrogens (tertiary/aromatic N) is 2. The lowest BCUT2D eigenvalue weighted by atomic mass is 10.2. The molecule has 4 N–H and O–H groups in total. The molecule has 8 nitrogen and oxygen atoms in total. The van der Waals surface area contributed by atoms with Crippen molar-refractivity contribution in [3.8, 4) is 11.5 Å². The number of anilines is 1. The molecule has 23 heavy (non-hydrogen) atoms. The average Bonchev–Trinajstić information content (AvgIpc) is 3.01. The Kier molecular flexibility index (Phi) is 3.38. The van der Waals surface area contributed by atoms with Gasteiger partial charge in [-0.05, 0) is 19.1 Å². The van der Waals surface area contributed by atoms with Gasteiger partial charge in [0.25, 0.3) is 5.91 Å². The Bertz CT molecular complexity index is 1050. The molecule has 0 unspecified atom stereocenters. The molecule has 120 valence electrons. The van der Waals surface area contributed by atoms with Crippen LogP contribution in [0.2, 0.25) is 0 Å². The van der Waals surface area contributed by atoms with Gasteiger partial charge in [-0.15, -0.1) is 11.3 Å². The van der Waals surface area contributed by atoms with Crippen molar-refractivity contribution in [2.75, 3.05) is 12.0 Å². The number of nitrogen functional groups attached to an aromatic ring is 1. The van der Waals surface area contributed by atoms with Crippen molar-refractivity contribution >= 4 is 43.0 Å². The van der Waals surface area contributed by atoms with Crippen LogP contribution in [-0.4, -0.2) is 30.5 Å². The molecule has 0 aliphatic carbocycles. The topological polar surface area (TPSA) is 142 Å². The first kappa shape index (κ1) is 15.4. The number of amides is 1. The zero-order valence-electron chi connectivity index (χ0n) is 12.2. The molecular formula is C13H12N4O4S2. The van der Waals surface area contributed by atoms with Gasteiger partial charge in [0.1, 0.15) is 21.2 Å². The largest absolute Gasteiger partial charge is 0.460 e. The second kappa shape index (κ2) is 5.03. The third-order valence-corrected chi connectivity index (χ3v) is 5.06. The van der Waals surface area contributed by atoms with Crippen LogP contribution in [0, 0.1) is 6.92 Å². The molecule has 1 amide bonds. The third-order valence-electron chi connectivity index (χ3n) is 3.10. The number of aryl methyl sites for hydroxylation is 1. The normalized spacial score (nSPS) is 11.9. The van der Waals surface area contributed by atoms with E-state index in [1.165, 1.54) is 0 Å². The molecule has 10 heteroatoms. The maximum atomic E-state index is 11.8. The van der Waals surface area contributed by atoms with Crippen molar-refractivity contribution in [3.05, 3.63) is 22.8 Å². The van der Waals surface area contributed by atoms with Crippen molar-refractivity contribution in [3.63, 3.8) is 0 Å². The van der Waals surface area contributed by atoms with Gasteiger partial charge in [-0.3, -0.25) is 4.79 Å². The van der Waals surface area contributed by atoms with Gasteiger partial charge in [-0.1, -0.05) is 0 Å². The molecule has 3 aromatic heterocycles. The average molecular weight is 352 g/mol. The van der Waals surface area contributed by atoms with Gasteiger partial charge < -0.3 is 15.9 Å². The summed E-state index contributed by atoms with van der Waals surface area (Å²) in [6.07, 6.45) is 0.997. The van der Waals surface area contributed by atoms with Crippen LogP contribution in [0.15, 0.2) is 21.7 Å². The van der Waals surface area contributed by atoms with Crippen LogP contribution < -0.4 is 11.5 Å². The fraction of sp³-hybridized carbons (Fsp3) is 0.154. The zero-order chi connectivity index (χ0) is 16.9. The molecule has 3 heterocycles. The van der Waals surface area contributed by atoms with Crippen LogP contribution in [-0.2, 0) is 9.84 Å². The molecule has 0 atom stereocenters. The quantitative estimate of drug-likeness (QED) is 0.677. The Morgan fingerprint density at radius 1 is 1.30 bits per heavy atom. The van der Waals surface area contributed by atoms with Crippen LogP contribution in [0.1, 0.15) is 15.4 Å². The van der Waals surface area contributed by atoms with E-state index in [1.807, 2.05) is 0 Å². The summed E-state index contributed by atoms with van der Waals surface area (Å²) in [6.45, 7) is 1.74. The highest BCUT2D eigenvalue weighted by Crippen LogP contribution is 2.39. The number of hydrogen-bond acceptors (Lipinski definition) is 8. The summed E-state index contributed by atoms with van der Waals surface area (Å²) >= 11 is 0.921. The minimum absolute atomic E-state index is 0.101. The van der Waals surface area contributed by atoms with Crippen LogP contribution in [0.25, 0.3) is 21.7 Å². The number of carbonyl (C=O) groups is 1. The van der Waals surface area contributed by atoms with Crippen LogP contribution in [0.3, 0.4) is 0 Å². The van der Waals surface area contributed by atoms with Crippen LogP contribution >= 0.6 is 11.3 Å². The molecule has 0 fully saturated rings. The second-order valence-electron chi connectivity index (χ2n) is 4.93. The lowest BCUT2D eigenvalue weighted by Gasteiger charge is -2.03. The van der Waals surface area contributed by atoms with Crippen molar-refractivity contribution in [1.29, 1.82) is 0 Å². The van der Waals surface area contributed by atoms with E-state index in [-0.39, 0.29) is 26.2 Å². The number of rotatable bonds is 3. The number of hydrogen-bond donors (Lipinski definition) is 2. The predicted octanol–water partition coefficient (Wildman–Crippen LogP) is 1.34. The SMILES string of the molecule is Cc1ccc(-c2nc(S(C)(=O)=O)nc3sc(C(N)=O)c(N)c23)o1. The summed E-state index contributed by atoms with van der Waals surface area (Å²) in [5.41, 5.74) is 11.6. The number of nitrogens with two attached hydrogens (primary N) is 2. The lowest BCUT2D eigenvalue weighted by molar-refractivity contribution is 0.100. The van der Waals surface area contributed by atoms with Crippen LogP contribution in [0.5, 0.6) is 0 Å². The Balaban J connectivity index is 2.46. The first-order valence-corrected chi connectivity index (χ1v) is 9.06. The Labute approximate surface area is 135 Å². The maximum Gasteiger partial charge on any atom is 0.260 e. The summed E-state index contributed by atoms with van der Waals surface area (Å²) in [4.78, 5) is 19.9. The molecule has 0 aliphatic heterocycles. The Hall–Kier alpha value is -2.46.